The number of hydrogen-bond acceptors (Lipinski definition) is 1. The molecule has 0 amide bonds. The molecule has 0 aliphatic carbocycles. The van der Waals surface area contributed by atoms with Crippen molar-refractivity contribution in [3.63, 3.8) is 0 Å². The van der Waals surface area contributed by atoms with E-state index in [2.05, 4.69) is 0 Å². The van der Waals surface area contributed by atoms with E-state index in [1.165, 1.54) is 0 Å². The summed E-state index contributed by atoms with van der Waals surface area (Å²) in [6.45, 7) is 1.83. The summed E-state index contributed by atoms with van der Waals surface area (Å²) in [6.07, 6.45) is 2.19. The second-order valence-corrected chi connectivity index (χ2v) is 4.84. The predicted molar refractivity (Wildman–Crippen MR) is 82.8 cm³/mol. The molecule has 0 radical (unpaired) electrons. The van der Waals surface area contributed by atoms with Crippen LogP contribution in [0.3, 0.4) is 0 Å². The minimum atomic E-state index is -0.873. The van der Waals surface area contributed by atoms with Crippen molar-refractivity contribution in [2.45, 2.75) is 13.3 Å². The van der Waals surface area contributed by atoms with Gasteiger partial charge in [0.1, 0.15) is 0 Å². The Kier molecular flexibility index (Phi) is 4.59. The number of aliphatic carboxylic acids is 1. The van der Waals surface area contributed by atoms with Crippen LogP contribution in [0.25, 0.3) is 17.2 Å². The Morgan fingerprint density at radius 3 is 2.35 bits per heavy atom. The van der Waals surface area contributed by atoms with Crippen LogP contribution in [0.15, 0.2) is 54.1 Å². The molecule has 0 bridgehead atoms. The van der Waals surface area contributed by atoms with Gasteiger partial charge in [0.2, 0.25) is 0 Å². The maximum atomic E-state index is 11.0. The summed E-state index contributed by atoms with van der Waals surface area (Å²) in [4.78, 5) is 11.0. The molecule has 0 heterocycles. The Hall–Kier alpha value is -2.06. The van der Waals surface area contributed by atoms with Crippen molar-refractivity contribution in [2.24, 2.45) is 0 Å². The average Bonchev–Trinajstić information content (AvgIpc) is 2.46. The smallest absolute Gasteiger partial charge is 0.331 e. The highest BCUT2D eigenvalue weighted by atomic mass is 35.5. The zero-order valence-electron chi connectivity index (χ0n) is 11.1. The molecule has 102 valence electrons. The lowest BCUT2D eigenvalue weighted by Crippen LogP contribution is -1.98. The van der Waals surface area contributed by atoms with E-state index < -0.39 is 5.97 Å². The predicted octanol–water partition coefficient (Wildman–Crippen LogP) is 4.89. The molecule has 1 N–H and O–H groups in total. The van der Waals surface area contributed by atoms with Gasteiger partial charge in [-0.2, -0.15) is 0 Å². The minimum absolute atomic E-state index is 0.399. The zero-order chi connectivity index (χ0) is 14.5. The molecule has 2 rings (SSSR count). The van der Waals surface area contributed by atoms with Gasteiger partial charge < -0.3 is 5.11 Å². The van der Waals surface area contributed by atoms with E-state index in [0.29, 0.717) is 17.0 Å². The van der Waals surface area contributed by atoms with Crippen LogP contribution in [0.5, 0.6) is 0 Å². The SMILES string of the molecule is CC/C(=C\c1ccc(-c2ccccc2Cl)cc1)C(=O)O. The lowest BCUT2D eigenvalue weighted by molar-refractivity contribution is -0.132. The second kappa shape index (κ2) is 6.40. The van der Waals surface area contributed by atoms with Crippen molar-refractivity contribution in [1.29, 1.82) is 0 Å². The maximum absolute atomic E-state index is 11.0. The lowest BCUT2D eigenvalue weighted by Gasteiger charge is -2.05. The monoisotopic (exact) mass is 286 g/mol. The Morgan fingerprint density at radius 2 is 1.80 bits per heavy atom. The van der Waals surface area contributed by atoms with Crippen molar-refractivity contribution in [3.05, 3.63) is 64.7 Å². The molecule has 0 atom stereocenters. The molecule has 0 spiro atoms. The highest BCUT2D eigenvalue weighted by molar-refractivity contribution is 6.33. The van der Waals surface area contributed by atoms with Gasteiger partial charge in [0.25, 0.3) is 0 Å². The Labute approximate surface area is 123 Å². The lowest BCUT2D eigenvalue weighted by atomic mass is 10.0. The Bertz CT molecular complexity index is 642. The largest absolute Gasteiger partial charge is 0.478 e. The first kappa shape index (κ1) is 14.4. The summed E-state index contributed by atoms with van der Waals surface area (Å²) in [6, 6.07) is 15.3. The molecule has 3 heteroatoms. The molecule has 0 saturated carbocycles. The van der Waals surface area contributed by atoms with Gasteiger partial charge in [0.15, 0.2) is 0 Å². The molecule has 2 nitrogen and oxygen atoms in total. The van der Waals surface area contributed by atoms with Crippen LogP contribution in [-0.4, -0.2) is 11.1 Å². The van der Waals surface area contributed by atoms with E-state index in [1.807, 2.05) is 55.5 Å². The van der Waals surface area contributed by atoms with E-state index in [9.17, 15) is 4.79 Å². The van der Waals surface area contributed by atoms with Crippen LogP contribution in [-0.2, 0) is 4.79 Å². The highest BCUT2D eigenvalue weighted by Gasteiger charge is 2.05. The van der Waals surface area contributed by atoms with Gasteiger partial charge in [-0.15, -0.1) is 0 Å². The third kappa shape index (κ3) is 3.28. The molecule has 2 aromatic rings. The molecule has 0 aliphatic rings. The number of carboxylic acids is 1. The highest BCUT2D eigenvalue weighted by Crippen LogP contribution is 2.27. The number of carbonyl (C=O) groups is 1. The van der Waals surface area contributed by atoms with Crippen LogP contribution in [0.4, 0.5) is 0 Å². The third-order valence-corrected chi connectivity index (χ3v) is 3.42. The summed E-state index contributed by atoms with van der Waals surface area (Å²) in [5, 5.41) is 9.72. The summed E-state index contributed by atoms with van der Waals surface area (Å²) in [7, 11) is 0. The Balaban J connectivity index is 2.32. The van der Waals surface area contributed by atoms with E-state index in [4.69, 9.17) is 16.7 Å². The molecule has 0 unspecified atom stereocenters. The van der Waals surface area contributed by atoms with Crippen molar-refractivity contribution >= 4 is 23.6 Å². The molecular weight excluding hydrogens is 272 g/mol. The third-order valence-electron chi connectivity index (χ3n) is 3.09. The fourth-order valence-electron chi connectivity index (χ4n) is 1.97. The van der Waals surface area contributed by atoms with Gasteiger partial charge in [0, 0.05) is 16.2 Å². The average molecular weight is 287 g/mol. The summed E-state index contributed by atoms with van der Waals surface area (Å²) in [5.41, 5.74) is 3.26. The van der Waals surface area contributed by atoms with E-state index in [1.54, 1.807) is 6.08 Å². The minimum Gasteiger partial charge on any atom is -0.478 e. The van der Waals surface area contributed by atoms with Gasteiger partial charge in [-0.3, -0.25) is 0 Å². The topological polar surface area (TPSA) is 37.3 Å². The van der Waals surface area contributed by atoms with Gasteiger partial charge in [-0.05, 0) is 29.7 Å². The summed E-state index contributed by atoms with van der Waals surface area (Å²) in [5.74, 6) is -0.873. The number of benzene rings is 2. The Morgan fingerprint density at radius 1 is 1.15 bits per heavy atom. The first-order valence-corrected chi connectivity index (χ1v) is 6.78. The molecule has 20 heavy (non-hydrogen) atoms. The molecular formula is C17H15ClO2. The van der Waals surface area contributed by atoms with E-state index in [0.717, 1.165) is 16.7 Å². The first-order chi connectivity index (χ1) is 9.61. The van der Waals surface area contributed by atoms with Crippen molar-refractivity contribution in [1.82, 2.24) is 0 Å². The number of hydrogen-bond donors (Lipinski definition) is 1. The normalized spacial score (nSPS) is 11.4. The zero-order valence-corrected chi connectivity index (χ0v) is 11.9. The summed E-state index contributed by atoms with van der Waals surface area (Å²) >= 11 is 6.16. The standard InChI is InChI=1S/C17H15ClO2/c1-2-13(17(19)20)11-12-7-9-14(10-8-12)15-5-3-4-6-16(15)18/h3-11H,2H2,1H3,(H,19,20)/b13-11+. The molecule has 0 aliphatic heterocycles. The van der Waals surface area contributed by atoms with Crippen LogP contribution < -0.4 is 0 Å². The molecule has 0 fully saturated rings. The van der Waals surface area contributed by atoms with Crippen molar-refractivity contribution < 1.29 is 9.90 Å². The van der Waals surface area contributed by atoms with Gasteiger partial charge >= 0.3 is 5.97 Å². The van der Waals surface area contributed by atoms with Crippen molar-refractivity contribution in [2.75, 3.05) is 0 Å². The van der Waals surface area contributed by atoms with E-state index in [-0.39, 0.29) is 0 Å². The first-order valence-electron chi connectivity index (χ1n) is 6.40. The molecule has 0 aromatic heterocycles. The maximum Gasteiger partial charge on any atom is 0.331 e. The quantitative estimate of drug-likeness (QED) is 0.813. The molecule has 0 saturated heterocycles. The second-order valence-electron chi connectivity index (χ2n) is 4.43. The number of halogens is 1. The number of rotatable bonds is 4. The molecule has 2 aromatic carbocycles. The fraction of sp³-hybridized carbons (Fsp3) is 0.118. The van der Waals surface area contributed by atoms with Crippen LogP contribution in [0.2, 0.25) is 5.02 Å². The number of carboxylic acid groups (broad SMARTS) is 1. The van der Waals surface area contributed by atoms with Crippen LogP contribution >= 0.6 is 11.6 Å². The fourth-order valence-corrected chi connectivity index (χ4v) is 2.22. The van der Waals surface area contributed by atoms with Gasteiger partial charge in [-0.1, -0.05) is 61.0 Å². The summed E-state index contributed by atoms with van der Waals surface area (Å²) < 4.78 is 0. The van der Waals surface area contributed by atoms with Crippen LogP contribution in [0.1, 0.15) is 18.9 Å². The van der Waals surface area contributed by atoms with Gasteiger partial charge in [0.05, 0.1) is 0 Å². The van der Waals surface area contributed by atoms with Crippen molar-refractivity contribution in [3.8, 4) is 11.1 Å². The van der Waals surface area contributed by atoms with Gasteiger partial charge in [-0.25, -0.2) is 4.79 Å². The van der Waals surface area contributed by atoms with E-state index >= 15 is 0 Å². The van der Waals surface area contributed by atoms with Crippen LogP contribution in [0, 0.1) is 0 Å².